The Morgan fingerprint density at radius 3 is 2.75 bits per heavy atom. The molecule has 1 aromatic carbocycles. The number of halogens is 1. The first-order chi connectivity index (χ1) is 9.40. The fourth-order valence-electron chi connectivity index (χ4n) is 2.22. The quantitative estimate of drug-likeness (QED) is 0.557. The van der Waals surface area contributed by atoms with Crippen LogP contribution in [0.2, 0.25) is 0 Å². The zero-order chi connectivity index (χ0) is 15.2. The van der Waals surface area contributed by atoms with Crippen LogP contribution in [0, 0.1) is 21.8 Å². The zero-order valence-corrected chi connectivity index (χ0v) is 14.2. The van der Waals surface area contributed by atoms with E-state index in [4.69, 9.17) is 6.42 Å². The van der Waals surface area contributed by atoms with Crippen molar-refractivity contribution in [2.75, 3.05) is 0 Å². The van der Waals surface area contributed by atoms with Crippen LogP contribution in [0.25, 0.3) is 0 Å². The number of hydrogen-bond donors (Lipinski definition) is 1. The SMILES string of the molecule is C#CCCC(C)CCC(C)(C(=O)O)c1cccc(I)c1. The molecule has 0 aromatic heterocycles. The van der Waals surface area contributed by atoms with Gasteiger partial charge in [0, 0.05) is 9.99 Å². The number of hydrogen-bond acceptors (Lipinski definition) is 1. The first-order valence-electron chi connectivity index (χ1n) is 6.83. The number of terminal acetylenes is 1. The second-order valence-corrected chi connectivity index (χ2v) is 6.78. The Kier molecular flexibility index (Phi) is 6.54. The summed E-state index contributed by atoms with van der Waals surface area (Å²) in [5.74, 6) is 2.33. The molecule has 1 N–H and O–H groups in total. The molecule has 20 heavy (non-hydrogen) atoms. The third-order valence-corrected chi connectivity index (χ3v) is 4.52. The van der Waals surface area contributed by atoms with Crippen molar-refractivity contribution in [1.29, 1.82) is 0 Å². The molecule has 0 heterocycles. The van der Waals surface area contributed by atoms with Gasteiger partial charge in [-0.15, -0.1) is 12.3 Å². The second kappa shape index (κ2) is 7.68. The monoisotopic (exact) mass is 384 g/mol. The minimum Gasteiger partial charge on any atom is -0.481 e. The second-order valence-electron chi connectivity index (χ2n) is 5.53. The maximum absolute atomic E-state index is 11.7. The molecule has 0 saturated heterocycles. The summed E-state index contributed by atoms with van der Waals surface area (Å²) in [5.41, 5.74) is 0.0482. The molecule has 0 aliphatic heterocycles. The van der Waals surface area contributed by atoms with E-state index in [-0.39, 0.29) is 0 Å². The van der Waals surface area contributed by atoms with Gasteiger partial charge in [0.1, 0.15) is 0 Å². The van der Waals surface area contributed by atoms with Crippen LogP contribution in [0.1, 0.15) is 45.1 Å². The van der Waals surface area contributed by atoms with Crippen molar-refractivity contribution in [3.63, 3.8) is 0 Å². The molecule has 0 spiro atoms. The summed E-state index contributed by atoms with van der Waals surface area (Å²) < 4.78 is 1.06. The summed E-state index contributed by atoms with van der Waals surface area (Å²) in [6.07, 6.45) is 8.49. The molecule has 0 aliphatic carbocycles. The van der Waals surface area contributed by atoms with Gasteiger partial charge in [-0.2, -0.15) is 0 Å². The van der Waals surface area contributed by atoms with Gasteiger partial charge in [-0.3, -0.25) is 4.79 Å². The molecule has 0 bridgehead atoms. The van der Waals surface area contributed by atoms with Crippen molar-refractivity contribution in [3.8, 4) is 12.3 Å². The van der Waals surface area contributed by atoms with Gasteiger partial charge in [0.25, 0.3) is 0 Å². The molecule has 1 rings (SSSR count). The van der Waals surface area contributed by atoms with Crippen LogP contribution < -0.4 is 0 Å². The van der Waals surface area contributed by atoms with E-state index in [1.54, 1.807) is 0 Å². The molecular weight excluding hydrogens is 363 g/mol. The molecule has 0 saturated carbocycles. The fraction of sp³-hybridized carbons (Fsp3) is 0.471. The predicted octanol–water partition coefficient (Wildman–Crippen LogP) is 4.46. The van der Waals surface area contributed by atoms with Crippen molar-refractivity contribution >= 4 is 28.6 Å². The van der Waals surface area contributed by atoms with Crippen LogP contribution in [-0.4, -0.2) is 11.1 Å². The molecule has 0 amide bonds. The minimum absolute atomic E-state index is 0.451. The average molecular weight is 384 g/mol. The largest absolute Gasteiger partial charge is 0.481 e. The molecule has 0 aliphatic rings. The Morgan fingerprint density at radius 2 is 2.20 bits per heavy atom. The van der Waals surface area contributed by atoms with Gasteiger partial charge in [-0.25, -0.2) is 0 Å². The number of benzene rings is 1. The zero-order valence-electron chi connectivity index (χ0n) is 12.0. The van der Waals surface area contributed by atoms with Crippen molar-refractivity contribution < 1.29 is 9.90 Å². The lowest BCUT2D eigenvalue weighted by molar-refractivity contribution is -0.143. The van der Waals surface area contributed by atoms with E-state index in [9.17, 15) is 9.90 Å². The summed E-state index contributed by atoms with van der Waals surface area (Å²) in [6, 6.07) is 7.76. The van der Waals surface area contributed by atoms with Crippen LogP contribution in [-0.2, 0) is 10.2 Å². The van der Waals surface area contributed by atoms with E-state index in [1.807, 2.05) is 31.2 Å². The van der Waals surface area contributed by atoms with E-state index in [0.29, 0.717) is 12.3 Å². The average Bonchev–Trinajstić information content (AvgIpc) is 2.42. The predicted molar refractivity (Wildman–Crippen MR) is 90.6 cm³/mol. The maximum Gasteiger partial charge on any atom is 0.313 e. The van der Waals surface area contributed by atoms with E-state index < -0.39 is 11.4 Å². The molecule has 0 fully saturated rings. The molecule has 3 heteroatoms. The Labute approximate surface area is 135 Å². The van der Waals surface area contributed by atoms with Gasteiger partial charge < -0.3 is 5.11 Å². The van der Waals surface area contributed by atoms with E-state index in [2.05, 4.69) is 35.4 Å². The lowest BCUT2D eigenvalue weighted by atomic mass is 9.76. The molecule has 2 atom stereocenters. The van der Waals surface area contributed by atoms with Crippen molar-refractivity contribution in [3.05, 3.63) is 33.4 Å². The summed E-state index contributed by atoms with van der Waals surface area (Å²) in [5, 5.41) is 9.63. The number of carboxylic acid groups (broad SMARTS) is 1. The van der Waals surface area contributed by atoms with Crippen molar-refractivity contribution in [2.24, 2.45) is 5.92 Å². The van der Waals surface area contributed by atoms with E-state index in [1.165, 1.54) is 0 Å². The highest BCUT2D eigenvalue weighted by Crippen LogP contribution is 2.32. The van der Waals surface area contributed by atoms with Gasteiger partial charge in [-0.05, 0) is 72.4 Å². The van der Waals surface area contributed by atoms with Crippen LogP contribution in [0.15, 0.2) is 24.3 Å². The van der Waals surface area contributed by atoms with Gasteiger partial charge in [0.05, 0.1) is 5.41 Å². The first-order valence-corrected chi connectivity index (χ1v) is 7.91. The summed E-state index contributed by atoms with van der Waals surface area (Å²) in [7, 11) is 0. The Hall–Kier alpha value is -1.02. The molecule has 108 valence electrons. The lowest BCUT2D eigenvalue weighted by Crippen LogP contribution is -2.33. The van der Waals surface area contributed by atoms with Crippen LogP contribution in [0.4, 0.5) is 0 Å². The molecule has 2 nitrogen and oxygen atoms in total. The van der Waals surface area contributed by atoms with Crippen LogP contribution in [0.3, 0.4) is 0 Å². The molecule has 1 aromatic rings. The Balaban J connectivity index is 2.83. The summed E-state index contributed by atoms with van der Waals surface area (Å²) >= 11 is 2.21. The standard InChI is InChI=1S/C17H21IO2/c1-4-5-7-13(2)10-11-17(3,16(19)20)14-8-6-9-15(18)12-14/h1,6,8-9,12-13H,5,7,10-11H2,2-3H3,(H,19,20). The molecular formula is C17H21IO2. The van der Waals surface area contributed by atoms with Gasteiger partial charge in [0.2, 0.25) is 0 Å². The van der Waals surface area contributed by atoms with Crippen molar-refractivity contribution in [1.82, 2.24) is 0 Å². The third-order valence-electron chi connectivity index (χ3n) is 3.85. The lowest BCUT2D eigenvalue weighted by Gasteiger charge is -2.27. The molecule has 2 unspecified atom stereocenters. The Morgan fingerprint density at radius 1 is 1.50 bits per heavy atom. The normalized spacial score (nSPS) is 15.1. The number of aliphatic carboxylic acids is 1. The number of rotatable bonds is 7. The minimum atomic E-state index is -0.828. The number of carbonyl (C=O) groups is 1. The van der Waals surface area contributed by atoms with Crippen LogP contribution in [0.5, 0.6) is 0 Å². The van der Waals surface area contributed by atoms with Crippen molar-refractivity contribution in [2.45, 2.75) is 44.9 Å². The van der Waals surface area contributed by atoms with E-state index in [0.717, 1.165) is 28.4 Å². The highest BCUT2D eigenvalue weighted by molar-refractivity contribution is 14.1. The summed E-state index contributed by atoms with van der Waals surface area (Å²) in [4.78, 5) is 11.7. The maximum atomic E-state index is 11.7. The third kappa shape index (κ3) is 4.52. The molecule has 0 radical (unpaired) electrons. The smallest absolute Gasteiger partial charge is 0.313 e. The van der Waals surface area contributed by atoms with Gasteiger partial charge in [-0.1, -0.05) is 19.1 Å². The van der Waals surface area contributed by atoms with Gasteiger partial charge >= 0.3 is 5.97 Å². The van der Waals surface area contributed by atoms with E-state index >= 15 is 0 Å². The first kappa shape index (κ1) is 17.0. The number of carboxylic acids is 1. The van der Waals surface area contributed by atoms with Gasteiger partial charge in [0.15, 0.2) is 0 Å². The highest BCUT2D eigenvalue weighted by atomic mass is 127. The fourth-order valence-corrected chi connectivity index (χ4v) is 2.76. The van der Waals surface area contributed by atoms with Crippen LogP contribution >= 0.6 is 22.6 Å². The Bertz CT molecular complexity index is 504. The topological polar surface area (TPSA) is 37.3 Å². The highest BCUT2D eigenvalue weighted by Gasteiger charge is 2.35. The summed E-state index contributed by atoms with van der Waals surface area (Å²) in [6.45, 7) is 3.95.